The summed E-state index contributed by atoms with van der Waals surface area (Å²) in [4.78, 5) is 32.4. The van der Waals surface area contributed by atoms with Crippen molar-refractivity contribution in [2.75, 3.05) is 6.61 Å². The van der Waals surface area contributed by atoms with E-state index in [1.807, 2.05) is 43.5 Å². The van der Waals surface area contributed by atoms with Crippen LogP contribution in [0, 0.1) is 6.92 Å². The molecule has 0 spiro atoms. The van der Waals surface area contributed by atoms with Gasteiger partial charge in [0.15, 0.2) is 0 Å². The zero-order valence-corrected chi connectivity index (χ0v) is 18.8. The number of likely N-dealkylation sites (tertiary alicyclic amines) is 1. The molecule has 1 saturated heterocycles. The number of hydrogen-bond acceptors (Lipinski definition) is 6. The van der Waals surface area contributed by atoms with Crippen LogP contribution >= 0.6 is 11.3 Å². The minimum Gasteiger partial charge on any atom is -0.507 e. The fourth-order valence-corrected chi connectivity index (χ4v) is 4.64. The number of benzene rings is 1. The van der Waals surface area contributed by atoms with Crippen LogP contribution in [0.2, 0.25) is 0 Å². The minimum absolute atomic E-state index is 0.105. The molecule has 6 nitrogen and oxygen atoms in total. The highest BCUT2D eigenvalue weighted by atomic mass is 32.1. The second kappa shape index (κ2) is 9.36. The number of carbonyl (C=O) groups is 2. The molecule has 1 aliphatic rings. The normalized spacial score (nSPS) is 17.7. The summed E-state index contributed by atoms with van der Waals surface area (Å²) < 4.78 is 5.72. The molecule has 0 aliphatic carbocycles. The molecule has 7 heteroatoms. The second-order valence-electron chi connectivity index (χ2n) is 7.63. The van der Waals surface area contributed by atoms with Crippen molar-refractivity contribution < 1.29 is 19.4 Å². The number of pyridine rings is 1. The quantitative estimate of drug-likeness (QED) is 0.317. The molecule has 0 bridgehead atoms. The van der Waals surface area contributed by atoms with E-state index in [9.17, 15) is 14.7 Å². The molecule has 1 aromatic carbocycles. The van der Waals surface area contributed by atoms with E-state index in [2.05, 4.69) is 4.98 Å². The summed E-state index contributed by atoms with van der Waals surface area (Å²) in [6.45, 7) is 4.77. The molecule has 0 radical (unpaired) electrons. The Morgan fingerprint density at radius 3 is 2.62 bits per heavy atom. The number of aliphatic hydroxyl groups is 1. The Morgan fingerprint density at radius 1 is 1.19 bits per heavy atom. The Morgan fingerprint density at radius 2 is 1.97 bits per heavy atom. The van der Waals surface area contributed by atoms with Crippen LogP contribution < -0.4 is 4.74 Å². The Kier molecular flexibility index (Phi) is 6.37. The highest BCUT2D eigenvalue weighted by Crippen LogP contribution is 2.42. The molecule has 164 valence electrons. The molecule has 1 atom stereocenters. The Bertz CT molecular complexity index is 1160. The largest absolute Gasteiger partial charge is 0.507 e. The van der Waals surface area contributed by atoms with Crippen molar-refractivity contribution in [2.45, 2.75) is 32.9 Å². The molecule has 32 heavy (non-hydrogen) atoms. The van der Waals surface area contributed by atoms with Crippen LogP contribution in [0.3, 0.4) is 0 Å². The van der Waals surface area contributed by atoms with Crippen molar-refractivity contribution >= 4 is 28.8 Å². The van der Waals surface area contributed by atoms with Crippen molar-refractivity contribution in [3.8, 4) is 5.75 Å². The van der Waals surface area contributed by atoms with Gasteiger partial charge in [0.05, 0.1) is 18.2 Å². The van der Waals surface area contributed by atoms with Gasteiger partial charge in [-0.05, 0) is 66.2 Å². The molecule has 1 amide bonds. The maximum atomic E-state index is 13.1. The average molecular weight is 449 g/mol. The molecule has 2 aromatic heterocycles. The van der Waals surface area contributed by atoms with E-state index in [0.29, 0.717) is 12.2 Å². The molecule has 3 aromatic rings. The molecular weight excluding hydrogens is 424 g/mol. The van der Waals surface area contributed by atoms with E-state index in [0.717, 1.165) is 28.2 Å². The first kappa shape index (κ1) is 21.8. The Balaban J connectivity index is 1.77. The van der Waals surface area contributed by atoms with Crippen LogP contribution in [0.25, 0.3) is 5.76 Å². The number of ether oxygens (including phenoxy) is 1. The smallest absolute Gasteiger partial charge is 0.295 e. The van der Waals surface area contributed by atoms with Crippen LogP contribution in [0.1, 0.15) is 41.0 Å². The van der Waals surface area contributed by atoms with Gasteiger partial charge in [-0.2, -0.15) is 0 Å². The highest BCUT2D eigenvalue weighted by molar-refractivity contribution is 7.10. The number of ketones is 1. The lowest BCUT2D eigenvalue weighted by Gasteiger charge is -2.24. The number of aryl methyl sites for hydroxylation is 1. The molecule has 1 unspecified atom stereocenters. The first-order valence-electron chi connectivity index (χ1n) is 10.5. The molecule has 1 N–H and O–H groups in total. The third-order valence-electron chi connectivity index (χ3n) is 5.36. The first-order valence-corrected chi connectivity index (χ1v) is 11.3. The fraction of sp³-hybridized carbons (Fsp3) is 0.240. The van der Waals surface area contributed by atoms with E-state index < -0.39 is 17.7 Å². The Hall–Kier alpha value is -3.45. The van der Waals surface area contributed by atoms with Gasteiger partial charge in [-0.25, -0.2) is 0 Å². The van der Waals surface area contributed by atoms with E-state index in [-0.39, 0.29) is 17.9 Å². The van der Waals surface area contributed by atoms with Gasteiger partial charge in [0.25, 0.3) is 11.7 Å². The number of thiophene rings is 1. The molecular formula is C25H24N2O4S. The lowest BCUT2D eigenvalue weighted by atomic mass is 9.98. The van der Waals surface area contributed by atoms with Crippen molar-refractivity contribution in [2.24, 2.45) is 0 Å². The monoisotopic (exact) mass is 448 g/mol. The van der Waals surface area contributed by atoms with E-state index in [1.165, 1.54) is 16.2 Å². The third kappa shape index (κ3) is 4.16. The number of carbonyl (C=O) groups excluding carboxylic acids is 2. The van der Waals surface area contributed by atoms with Crippen LogP contribution in [-0.4, -0.2) is 33.3 Å². The van der Waals surface area contributed by atoms with Gasteiger partial charge >= 0.3 is 0 Å². The predicted molar refractivity (Wildman–Crippen MR) is 123 cm³/mol. The van der Waals surface area contributed by atoms with E-state index in [1.54, 1.807) is 30.6 Å². The standard InChI is InChI=1S/C25H24N2O4S/c1-3-12-31-19-7-6-18(14-16(19)2)23(28)21-22(20-5-4-13-32-20)27(25(30)24(21)29)15-17-8-10-26-11-9-17/h4-11,13-14,22,28H,3,12,15H2,1-2H3/b23-21-. The van der Waals surface area contributed by atoms with Crippen LogP contribution in [0.15, 0.2) is 65.8 Å². The maximum absolute atomic E-state index is 13.1. The van der Waals surface area contributed by atoms with Crippen molar-refractivity contribution in [1.82, 2.24) is 9.88 Å². The second-order valence-corrected chi connectivity index (χ2v) is 8.61. The SMILES string of the molecule is CCCOc1ccc(/C(O)=C2/C(=O)C(=O)N(Cc3ccncc3)C2c2cccs2)cc1C. The van der Waals surface area contributed by atoms with Gasteiger partial charge in [-0.1, -0.05) is 13.0 Å². The lowest BCUT2D eigenvalue weighted by Crippen LogP contribution is -2.28. The first-order chi connectivity index (χ1) is 15.5. The topological polar surface area (TPSA) is 79.7 Å². The maximum Gasteiger partial charge on any atom is 0.295 e. The van der Waals surface area contributed by atoms with Crippen LogP contribution in [-0.2, 0) is 16.1 Å². The average Bonchev–Trinajstić information content (AvgIpc) is 3.41. The van der Waals surface area contributed by atoms with Gasteiger partial charge < -0.3 is 14.7 Å². The Labute approximate surface area is 190 Å². The van der Waals surface area contributed by atoms with Gasteiger partial charge in [-0.15, -0.1) is 11.3 Å². The van der Waals surface area contributed by atoms with Crippen LogP contribution in [0.4, 0.5) is 0 Å². The van der Waals surface area contributed by atoms with Crippen molar-refractivity contribution in [1.29, 1.82) is 0 Å². The zero-order chi connectivity index (χ0) is 22.7. The van der Waals surface area contributed by atoms with Crippen LogP contribution in [0.5, 0.6) is 5.75 Å². The molecule has 0 saturated carbocycles. The number of aliphatic hydroxyl groups excluding tert-OH is 1. The van der Waals surface area contributed by atoms with Gasteiger partial charge in [0, 0.05) is 29.4 Å². The molecule has 3 heterocycles. The summed E-state index contributed by atoms with van der Waals surface area (Å²) in [5, 5.41) is 13.1. The summed E-state index contributed by atoms with van der Waals surface area (Å²) in [6, 6.07) is 12.0. The number of amides is 1. The van der Waals surface area contributed by atoms with Gasteiger partial charge in [-0.3, -0.25) is 14.6 Å². The molecule has 1 fully saturated rings. The summed E-state index contributed by atoms with van der Waals surface area (Å²) in [7, 11) is 0. The molecule has 1 aliphatic heterocycles. The fourth-order valence-electron chi connectivity index (χ4n) is 3.80. The summed E-state index contributed by atoms with van der Waals surface area (Å²) in [6.07, 6.45) is 4.19. The summed E-state index contributed by atoms with van der Waals surface area (Å²) >= 11 is 1.45. The zero-order valence-electron chi connectivity index (χ0n) is 17.9. The number of aromatic nitrogens is 1. The summed E-state index contributed by atoms with van der Waals surface area (Å²) in [5.74, 6) is -0.749. The lowest BCUT2D eigenvalue weighted by molar-refractivity contribution is -0.140. The number of nitrogens with zero attached hydrogens (tertiary/aromatic N) is 2. The van der Waals surface area contributed by atoms with Gasteiger partial charge in [0.2, 0.25) is 0 Å². The van der Waals surface area contributed by atoms with E-state index in [4.69, 9.17) is 4.74 Å². The van der Waals surface area contributed by atoms with E-state index >= 15 is 0 Å². The van der Waals surface area contributed by atoms with Crippen molar-refractivity contribution in [3.63, 3.8) is 0 Å². The summed E-state index contributed by atoms with van der Waals surface area (Å²) in [5.41, 5.74) is 2.29. The molecule has 4 rings (SSSR count). The van der Waals surface area contributed by atoms with Gasteiger partial charge in [0.1, 0.15) is 11.5 Å². The predicted octanol–water partition coefficient (Wildman–Crippen LogP) is 4.86. The van der Waals surface area contributed by atoms with Crippen molar-refractivity contribution in [3.05, 3.63) is 87.4 Å². The number of Topliss-reactive ketones (excluding diaryl/α,β-unsaturated/α-hetero) is 1. The minimum atomic E-state index is -0.682. The number of rotatable bonds is 7. The third-order valence-corrected chi connectivity index (χ3v) is 6.29. The number of hydrogen-bond donors (Lipinski definition) is 1. The highest BCUT2D eigenvalue weighted by Gasteiger charge is 2.46.